The molecule has 0 spiro atoms. The number of esters is 1. The van der Waals surface area contributed by atoms with Crippen molar-refractivity contribution in [3.8, 4) is 11.8 Å². The molecule has 7 nitrogen and oxygen atoms in total. The van der Waals surface area contributed by atoms with Gasteiger partial charge in [-0.2, -0.15) is 5.26 Å². The second-order valence-electron chi connectivity index (χ2n) is 9.40. The van der Waals surface area contributed by atoms with E-state index in [0.29, 0.717) is 30.0 Å². The highest BCUT2D eigenvalue weighted by molar-refractivity contribution is 6.05. The molecule has 36 heavy (non-hydrogen) atoms. The summed E-state index contributed by atoms with van der Waals surface area (Å²) in [6.07, 6.45) is 5.67. The highest BCUT2D eigenvalue weighted by Crippen LogP contribution is 2.36. The Kier molecular flexibility index (Phi) is 9.38. The number of rotatable bonds is 10. The maximum atomic E-state index is 13.6. The third-order valence-corrected chi connectivity index (χ3v) is 6.84. The highest BCUT2D eigenvalue weighted by Gasteiger charge is 2.27. The number of nitriles is 1. The number of ether oxygens (including phenoxy) is 1. The molecule has 0 saturated carbocycles. The minimum Gasteiger partial charge on any atom is -0.466 e. The number of carbonyl (C=O) groups excluding carboxylic acids is 2. The van der Waals surface area contributed by atoms with Gasteiger partial charge in [-0.3, -0.25) is 19.5 Å². The first-order valence-corrected chi connectivity index (χ1v) is 12.6. The molecule has 0 bridgehead atoms. The Balaban J connectivity index is 2.10. The minimum absolute atomic E-state index is 0.0241. The minimum atomic E-state index is -0.240. The van der Waals surface area contributed by atoms with E-state index >= 15 is 0 Å². The third-order valence-electron chi connectivity index (χ3n) is 6.84. The number of allylic oxidation sites excluding steroid dienone is 1. The van der Waals surface area contributed by atoms with Gasteiger partial charge in [0.15, 0.2) is 5.78 Å². The Morgan fingerprint density at radius 3 is 2.47 bits per heavy atom. The number of ketones is 1. The molecule has 1 aliphatic heterocycles. The summed E-state index contributed by atoms with van der Waals surface area (Å²) in [5.41, 5.74) is 4.98. The fraction of sp³-hybridized carbons (Fsp3) is 0.448. The van der Waals surface area contributed by atoms with Crippen molar-refractivity contribution < 1.29 is 14.3 Å². The Labute approximate surface area is 214 Å². The molecule has 7 heteroatoms. The summed E-state index contributed by atoms with van der Waals surface area (Å²) < 4.78 is 7.12. The fourth-order valence-corrected chi connectivity index (χ4v) is 4.73. The van der Waals surface area contributed by atoms with E-state index in [9.17, 15) is 14.9 Å². The number of benzene rings is 1. The predicted molar refractivity (Wildman–Crippen MR) is 143 cm³/mol. The smallest absolute Gasteiger partial charge is 0.306 e. The van der Waals surface area contributed by atoms with E-state index in [1.807, 2.05) is 43.5 Å². The van der Waals surface area contributed by atoms with Crippen molar-refractivity contribution in [3.63, 3.8) is 0 Å². The molecule has 0 unspecified atom stereocenters. The normalized spacial score (nSPS) is 15.2. The largest absolute Gasteiger partial charge is 0.466 e. The number of aliphatic imine (C=N–C) groups is 1. The van der Waals surface area contributed by atoms with Crippen LogP contribution in [-0.4, -0.2) is 54.2 Å². The molecule has 190 valence electrons. The zero-order valence-electron chi connectivity index (χ0n) is 21.8. The maximum absolute atomic E-state index is 13.6. The van der Waals surface area contributed by atoms with Crippen LogP contribution < -0.4 is 0 Å². The SMILES string of the molecule is C=Nc1c(C(=O)CN2CCCCC2)c(C)n(-c2ccc(C#N)cc2)c1/C=C(\C)[C@@H](C)CC(=O)OCC. The molecule has 1 aliphatic rings. The van der Waals surface area contributed by atoms with Gasteiger partial charge in [-0.1, -0.05) is 18.9 Å². The molecule has 1 atom stereocenters. The van der Waals surface area contributed by atoms with Gasteiger partial charge in [-0.25, -0.2) is 0 Å². The van der Waals surface area contributed by atoms with Gasteiger partial charge in [0, 0.05) is 11.4 Å². The van der Waals surface area contributed by atoms with Crippen molar-refractivity contribution in [2.24, 2.45) is 10.9 Å². The molecule has 0 radical (unpaired) electrons. The van der Waals surface area contributed by atoms with Gasteiger partial charge in [-0.05, 0) is 89.7 Å². The molecule has 2 aromatic rings. The molecule has 0 aliphatic carbocycles. The first-order valence-electron chi connectivity index (χ1n) is 12.6. The predicted octanol–water partition coefficient (Wildman–Crippen LogP) is 5.65. The Morgan fingerprint density at radius 1 is 1.22 bits per heavy atom. The monoisotopic (exact) mass is 488 g/mol. The Morgan fingerprint density at radius 2 is 1.89 bits per heavy atom. The number of nitrogens with zero attached hydrogens (tertiary/aromatic N) is 4. The number of piperidine rings is 1. The first kappa shape index (κ1) is 27.1. The molecule has 1 saturated heterocycles. The third kappa shape index (κ3) is 6.19. The van der Waals surface area contributed by atoms with E-state index < -0.39 is 0 Å². The topological polar surface area (TPSA) is 87.7 Å². The molecular weight excluding hydrogens is 452 g/mol. The molecule has 1 aromatic carbocycles. The maximum Gasteiger partial charge on any atom is 0.306 e. The number of Topliss-reactive ketones (excluding diaryl/α,β-unsaturated/α-hetero) is 1. The van der Waals surface area contributed by atoms with Gasteiger partial charge in [0.1, 0.15) is 0 Å². The van der Waals surface area contributed by atoms with Gasteiger partial charge in [0.2, 0.25) is 0 Å². The summed E-state index contributed by atoms with van der Waals surface area (Å²) in [5.74, 6) is -0.272. The molecule has 1 fully saturated rings. The van der Waals surface area contributed by atoms with Gasteiger partial charge in [0.25, 0.3) is 0 Å². The highest BCUT2D eigenvalue weighted by atomic mass is 16.5. The standard InChI is InChI=1S/C29H36N4O3/c1-6-36-27(35)17-21(3)20(2)16-25-29(31-5)28(26(34)19-32-14-8-7-9-15-32)22(4)33(25)24-12-10-23(18-30)11-13-24/h10-13,16,21H,5-9,14-15,17,19H2,1-4H3/b20-16+/t21-/m0/s1. The lowest BCUT2D eigenvalue weighted by atomic mass is 9.97. The van der Waals surface area contributed by atoms with Crippen LogP contribution in [0.5, 0.6) is 0 Å². The number of carbonyl (C=O) groups is 2. The second kappa shape index (κ2) is 12.5. The van der Waals surface area contributed by atoms with Crippen molar-refractivity contribution in [3.05, 3.63) is 52.4 Å². The number of hydrogen-bond donors (Lipinski definition) is 0. The summed E-state index contributed by atoms with van der Waals surface area (Å²) in [6.45, 7) is 14.0. The zero-order valence-corrected chi connectivity index (χ0v) is 21.8. The zero-order chi connectivity index (χ0) is 26.2. The van der Waals surface area contributed by atoms with Crippen molar-refractivity contribution in [1.29, 1.82) is 5.26 Å². The van der Waals surface area contributed by atoms with E-state index in [4.69, 9.17) is 4.74 Å². The lowest BCUT2D eigenvalue weighted by Crippen LogP contribution is -2.34. The fourth-order valence-electron chi connectivity index (χ4n) is 4.73. The van der Waals surface area contributed by atoms with E-state index in [2.05, 4.69) is 22.7 Å². The number of likely N-dealkylation sites (tertiary alicyclic amines) is 1. The summed E-state index contributed by atoms with van der Waals surface area (Å²) in [7, 11) is 0. The summed E-state index contributed by atoms with van der Waals surface area (Å²) in [5, 5.41) is 9.24. The molecule has 1 aromatic heterocycles. The Bertz CT molecular complexity index is 1180. The van der Waals surface area contributed by atoms with Crippen molar-refractivity contribution in [2.45, 2.75) is 53.4 Å². The van der Waals surface area contributed by atoms with Gasteiger partial charge >= 0.3 is 5.97 Å². The van der Waals surface area contributed by atoms with Crippen LogP contribution in [0.2, 0.25) is 0 Å². The van der Waals surface area contributed by atoms with E-state index in [0.717, 1.165) is 48.6 Å². The summed E-state index contributed by atoms with van der Waals surface area (Å²) in [6, 6.07) is 9.40. The van der Waals surface area contributed by atoms with Crippen molar-refractivity contribution >= 4 is 30.2 Å². The van der Waals surface area contributed by atoms with Crippen LogP contribution >= 0.6 is 0 Å². The van der Waals surface area contributed by atoms with E-state index in [-0.39, 0.29) is 24.1 Å². The quantitative estimate of drug-likeness (QED) is 0.245. The molecule has 0 N–H and O–H groups in total. The van der Waals surface area contributed by atoms with E-state index in [1.54, 1.807) is 19.1 Å². The molecule has 3 rings (SSSR count). The van der Waals surface area contributed by atoms with Crippen LogP contribution in [0.25, 0.3) is 11.8 Å². The molecule has 2 heterocycles. The summed E-state index contributed by atoms with van der Waals surface area (Å²) >= 11 is 0. The van der Waals surface area contributed by atoms with Gasteiger partial charge in [0.05, 0.1) is 48.1 Å². The van der Waals surface area contributed by atoms with Gasteiger partial charge < -0.3 is 9.30 Å². The number of aromatic nitrogens is 1. The molecule has 0 amide bonds. The van der Waals surface area contributed by atoms with Crippen molar-refractivity contribution in [1.82, 2.24) is 9.47 Å². The average Bonchev–Trinajstić information content (AvgIpc) is 3.15. The first-order chi connectivity index (χ1) is 17.3. The van der Waals surface area contributed by atoms with Crippen LogP contribution in [0, 0.1) is 24.2 Å². The van der Waals surface area contributed by atoms with Crippen LogP contribution in [-0.2, 0) is 9.53 Å². The van der Waals surface area contributed by atoms with Crippen LogP contribution in [0.1, 0.15) is 73.8 Å². The van der Waals surface area contributed by atoms with Crippen LogP contribution in [0.3, 0.4) is 0 Å². The van der Waals surface area contributed by atoms with Crippen LogP contribution in [0.15, 0.2) is 34.8 Å². The summed E-state index contributed by atoms with van der Waals surface area (Å²) in [4.78, 5) is 32.2. The average molecular weight is 489 g/mol. The number of hydrogen-bond acceptors (Lipinski definition) is 6. The van der Waals surface area contributed by atoms with Crippen molar-refractivity contribution in [2.75, 3.05) is 26.2 Å². The molecular formula is C29H36N4O3. The van der Waals surface area contributed by atoms with Crippen LogP contribution in [0.4, 0.5) is 5.69 Å². The second-order valence-corrected chi connectivity index (χ2v) is 9.40. The lowest BCUT2D eigenvalue weighted by molar-refractivity contribution is -0.143. The Hall–Kier alpha value is -3.50. The lowest BCUT2D eigenvalue weighted by Gasteiger charge is -2.25. The van der Waals surface area contributed by atoms with Gasteiger partial charge in [-0.15, -0.1) is 0 Å². The van der Waals surface area contributed by atoms with E-state index in [1.165, 1.54) is 6.42 Å².